The van der Waals surface area contributed by atoms with Crippen molar-refractivity contribution < 1.29 is 9.53 Å². The zero-order chi connectivity index (χ0) is 14.5. The number of halogens is 1. The molecule has 1 aromatic carbocycles. The molecule has 1 atom stereocenters. The van der Waals surface area contributed by atoms with E-state index in [2.05, 4.69) is 17.1 Å². The van der Waals surface area contributed by atoms with Crippen LogP contribution in [0, 0.1) is 0 Å². The number of hydrogen-bond donors (Lipinski definition) is 2. The fourth-order valence-electron chi connectivity index (χ4n) is 2.20. The summed E-state index contributed by atoms with van der Waals surface area (Å²) in [5.41, 5.74) is 6.78. The highest BCUT2D eigenvalue weighted by atomic mass is 35.5. The normalized spacial score (nSPS) is 19.8. The molecule has 1 fully saturated rings. The van der Waals surface area contributed by atoms with Gasteiger partial charge in [-0.2, -0.15) is 0 Å². The van der Waals surface area contributed by atoms with E-state index < -0.39 is 0 Å². The molecule has 1 unspecified atom stereocenters. The second kappa shape index (κ2) is 6.92. The van der Waals surface area contributed by atoms with Gasteiger partial charge in [0.15, 0.2) is 0 Å². The van der Waals surface area contributed by atoms with E-state index in [4.69, 9.17) is 22.1 Å². The van der Waals surface area contributed by atoms with Crippen molar-refractivity contribution >= 4 is 28.9 Å². The summed E-state index contributed by atoms with van der Waals surface area (Å²) < 4.78 is 5.58. The summed E-state index contributed by atoms with van der Waals surface area (Å²) in [6.45, 7) is 4.68. The summed E-state index contributed by atoms with van der Waals surface area (Å²) in [4.78, 5) is 14.1. The highest BCUT2D eigenvalue weighted by Crippen LogP contribution is 2.24. The Morgan fingerprint density at radius 3 is 3.10 bits per heavy atom. The number of nitrogen functional groups attached to an aromatic ring is 1. The first-order chi connectivity index (χ1) is 9.58. The van der Waals surface area contributed by atoms with Gasteiger partial charge in [-0.05, 0) is 24.6 Å². The number of carbonyl (C=O) groups is 1. The summed E-state index contributed by atoms with van der Waals surface area (Å²) >= 11 is 6.03. The number of nitrogens with two attached hydrogens (primary N) is 1. The molecule has 0 saturated carbocycles. The molecule has 3 N–H and O–H groups in total. The monoisotopic (exact) mass is 297 g/mol. The molecule has 0 bridgehead atoms. The summed E-state index contributed by atoms with van der Waals surface area (Å²) in [7, 11) is 0. The number of amides is 1. The van der Waals surface area contributed by atoms with Gasteiger partial charge in [0.05, 0.1) is 30.0 Å². The fraction of sp³-hybridized carbons (Fsp3) is 0.500. The van der Waals surface area contributed by atoms with Crippen LogP contribution in [0.25, 0.3) is 0 Å². The SMILES string of the molecule is CCC1CN(CC(=O)Nc2ccc(N)cc2Cl)CCO1. The zero-order valence-electron chi connectivity index (χ0n) is 11.6. The Labute approximate surface area is 124 Å². The van der Waals surface area contributed by atoms with E-state index in [1.807, 2.05) is 0 Å². The van der Waals surface area contributed by atoms with Gasteiger partial charge in [0.2, 0.25) is 5.91 Å². The molecule has 0 spiro atoms. The van der Waals surface area contributed by atoms with Crippen molar-refractivity contribution in [1.29, 1.82) is 0 Å². The summed E-state index contributed by atoms with van der Waals surface area (Å²) in [5, 5.41) is 3.26. The molecule has 1 heterocycles. The van der Waals surface area contributed by atoms with Crippen LogP contribution in [0.5, 0.6) is 0 Å². The largest absolute Gasteiger partial charge is 0.399 e. The predicted molar refractivity (Wildman–Crippen MR) is 81.0 cm³/mol. The van der Waals surface area contributed by atoms with E-state index in [0.29, 0.717) is 29.5 Å². The number of anilines is 2. The summed E-state index contributed by atoms with van der Waals surface area (Å²) in [6, 6.07) is 5.05. The van der Waals surface area contributed by atoms with E-state index in [-0.39, 0.29) is 12.0 Å². The Bertz CT molecular complexity index is 481. The van der Waals surface area contributed by atoms with Crippen molar-refractivity contribution in [3.05, 3.63) is 23.2 Å². The van der Waals surface area contributed by atoms with Gasteiger partial charge in [-0.25, -0.2) is 0 Å². The Balaban J connectivity index is 1.88. The summed E-state index contributed by atoms with van der Waals surface area (Å²) in [5.74, 6) is -0.0755. The average Bonchev–Trinajstić information content (AvgIpc) is 2.42. The van der Waals surface area contributed by atoms with Crippen LogP contribution in [0.15, 0.2) is 18.2 Å². The third-order valence-corrected chi connectivity index (χ3v) is 3.63. The van der Waals surface area contributed by atoms with Crippen LogP contribution in [-0.2, 0) is 9.53 Å². The van der Waals surface area contributed by atoms with E-state index in [1.54, 1.807) is 18.2 Å². The maximum atomic E-state index is 12.0. The molecule has 1 saturated heterocycles. The van der Waals surface area contributed by atoms with Crippen LogP contribution in [0.4, 0.5) is 11.4 Å². The first-order valence-corrected chi connectivity index (χ1v) is 7.15. The van der Waals surface area contributed by atoms with Gasteiger partial charge in [-0.1, -0.05) is 18.5 Å². The van der Waals surface area contributed by atoms with Crippen molar-refractivity contribution in [3.8, 4) is 0 Å². The number of benzene rings is 1. The van der Waals surface area contributed by atoms with Crippen molar-refractivity contribution in [2.45, 2.75) is 19.4 Å². The lowest BCUT2D eigenvalue weighted by Crippen LogP contribution is -2.45. The minimum Gasteiger partial charge on any atom is -0.399 e. The van der Waals surface area contributed by atoms with Gasteiger partial charge < -0.3 is 15.8 Å². The van der Waals surface area contributed by atoms with Gasteiger partial charge in [-0.3, -0.25) is 9.69 Å². The quantitative estimate of drug-likeness (QED) is 0.834. The Morgan fingerprint density at radius 1 is 1.60 bits per heavy atom. The lowest BCUT2D eigenvalue weighted by atomic mass is 10.2. The highest BCUT2D eigenvalue weighted by Gasteiger charge is 2.21. The van der Waals surface area contributed by atoms with Gasteiger partial charge >= 0.3 is 0 Å². The molecule has 1 amide bonds. The van der Waals surface area contributed by atoms with Crippen molar-refractivity contribution in [2.24, 2.45) is 0 Å². The van der Waals surface area contributed by atoms with Crippen molar-refractivity contribution in [2.75, 3.05) is 37.3 Å². The lowest BCUT2D eigenvalue weighted by Gasteiger charge is -2.31. The molecule has 5 nitrogen and oxygen atoms in total. The maximum Gasteiger partial charge on any atom is 0.238 e. The van der Waals surface area contributed by atoms with Crippen LogP contribution >= 0.6 is 11.6 Å². The van der Waals surface area contributed by atoms with E-state index in [1.165, 1.54) is 0 Å². The number of rotatable bonds is 4. The average molecular weight is 298 g/mol. The number of nitrogens with one attached hydrogen (secondary N) is 1. The van der Waals surface area contributed by atoms with Crippen molar-refractivity contribution in [1.82, 2.24) is 4.90 Å². The molecule has 2 rings (SSSR count). The fourth-order valence-corrected chi connectivity index (χ4v) is 2.43. The number of carbonyl (C=O) groups excluding carboxylic acids is 1. The third-order valence-electron chi connectivity index (χ3n) is 3.31. The lowest BCUT2D eigenvalue weighted by molar-refractivity contribution is -0.119. The first-order valence-electron chi connectivity index (χ1n) is 6.77. The Morgan fingerprint density at radius 2 is 2.40 bits per heavy atom. The van der Waals surface area contributed by atoms with Gasteiger partial charge in [-0.15, -0.1) is 0 Å². The Kier molecular flexibility index (Phi) is 5.23. The minimum atomic E-state index is -0.0755. The molecule has 1 aromatic rings. The first kappa shape index (κ1) is 15.1. The standard InChI is InChI=1S/C14H20ClN3O2/c1-2-11-8-18(5-6-20-11)9-14(19)17-13-4-3-10(16)7-12(13)15/h3-4,7,11H,2,5-6,8-9,16H2,1H3,(H,17,19). The van der Waals surface area contributed by atoms with E-state index >= 15 is 0 Å². The molecular weight excluding hydrogens is 278 g/mol. The van der Waals surface area contributed by atoms with Crippen molar-refractivity contribution in [3.63, 3.8) is 0 Å². The van der Waals surface area contributed by atoms with E-state index in [9.17, 15) is 4.79 Å². The smallest absolute Gasteiger partial charge is 0.238 e. The van der Waals surface area contributed by atoms with Gasteiger partial charge in [0, 0.05) is 18.8 Å². The zero-order valence-corrected chi connectivity index (χ0v) is 12.3. The number of ether oxygens (including phenoxy) is 1. The second-order valence-corrected chi connectivity index (χ2v) is 5.33. The molecular formula is C14H20ClN3O2. The molecule has 20 heavy (non-hydrogen) atoms. The number of hydrogen-bond acceptors (Lipinski definition) is 4. The summed E-state index contributed by atoms with van der Waals surface area (Å²) in [6.07, 6.45) is 1.18. The minimum absolute atomic E-state index is 0.0755. The number of nitrogens with zero attached hydrogens (tertiary/aromatic N) is 1. The van der Waals surface area contributed by atoms with Crippen LogP contribution in [0.2, 0.25) is 5.02 Å². The van der Waals surface area contributed by atoms with Gasteiger partial charge in [0.25, 0.3) is 0 Å². The third kappa shape index (κ3) is 4.10. The van der Waals surface area contributed by atoms with Crippen LogP contribution in [0.3, 0.4) is 0 Å². The van der Waals surface area contributed by atoms with Crippen LogP contribution in [0.1, 0.15) is 13.3 Å². The topological polar surface area (TPSA) is 67.6 Å². The maximum absolute atomic E-state index is 12.0. The molecule has 0 radical (unpaired) electrons. The molecule has 1 aliphatic heterocycles. The Hall–Kier alpha value is -1.30. The molecule has 110 valence electrons. The van der Waals surface area contributed by atoms with Crippen LogP contribution in [-0.4, -0.2) is 43.2 Å². The molecule has 0 aromatic heterocycles. The molecule has 1 aliphatic rings. The predicted octanol–water partition coefficient (Wildman–Crippen LogP) is 1.97. The van der Waals surface area contributed by atoms with E-state index in [0.717, 1.165) is 19.5 Å². The highest BCUT2D eigenvalue weighted by molar-refractivity contribution is 6.34. The van der Waals surface area contributed by atoms with Gasteiger partial charge in [0.1, 0.15) is 0 Å². The van der Waals surface area contributed by atoms with Crippen LogP contribution < -0.4 is 11.1 Å². The molecule has 6 heteroatoms. The molecule has 0 aliphatic carbocycles. The number of morpholine rings is 1. The second-order valence-electron chi connectivity index (χ2n) is 4.92.